The molecule has 1 heterocycles. The molecule has 0 fully saturated rings. The molecule has 2 aromatic carbocycles. The Kier molecular flexibility index (Phi) is 4.19. The zero-order valence-corrected chi connectivity index (χ0v) is 12.8. The predicted molar refractivity (Wildman–Crippen MR) is 94.1 cm³/mol. The van der Waals surface area contributed by atoms with Gasteiger partial charge in [0.1, 0.15) is 0 Å². The van der Waals surface area contributed by atoms with Gasteiger partial charge in [-0.2, -0.15) is 0 Å². The quantitative estimate of drug-likeness (QED) is 0.676. The van der Waals surface area contributed by atoms with Gasteiger partial charge in [-0.15, -0.1) is 6.58 Å². The van der Waals surface area contributed by atoms with Gasteiger partial charge in [-0.05, 0) is 36.6 Å². The van der Waals surface area contributed by atoms with Crippen LogP contribution in [0.5, 0.6) is 0 Å². The second-order valence-corrected chi connectivity index (χ2v) is 5.49. The van der Waals surface area contributed by atoms with E-state index in [4.69, 9.17) is 0 Å². The number of allylic oxidation sites excluding steroid dienone is 1. The van der Waals surface area contributed by atoms with E-state index in [9.17, 15) is 0 Å². The summed E-state index contributed by atoms with van der Waals surface area (Å²) in [5, 5.41) is 4.66. The van der Waals surface area contributed by atoms with E-state index in [0.717, 1.165) is 35.2 Å². The number of nitrogens with one attached hydrogen (secondary N) is 1. The number of aromatic nitrogens is 1. The summed E-state index contributed by atoms with van der Waals surface area (Å²) in [6.07, 6.45) is 2.84. The van der Waals surface area contributed by atoms with Gasteiger partial charge in [-0.3, -0.25) is 4.98 Å². The van der Waals surface area contributed by atoms with Crippen molar-refractivity contribution < 1.29 is 0 Å². The van der Waals surface area contributed by atoms with Crippen LogP contribution >= 0.6 is 0 Å². The minimum Gasteiger partial charge on any atom is -0.379 e. The number of aryl methyl sites for hydroxylation is 1. The maximum atomic E-state index is 4.65. The summed E-state index contributed by atoms with van der Waals surface area (Å²) in [5.74, 6) is 0. The van der Waals surface area contributed by atoms with Crippen molar-refractivity contribution in [3.05, 3.63) is 84.1 Å². The molecule has 1 N–H and O–H groups in total. The molecule has 0 aliphatic rings. The number of fused-ring (bicyclic) bond motifs is 1. The highest BCUT2D eigenvalue weighted by molar-refractivity contribution is 5.90. The SMILES string of the molecule is C=CCc1ccc(CNc2cccc3ccc(C)nc23)cc1. The van der Waals surface area contributed by atoms with Crippen LogP contribution in [0.25, 0.3) is 10.9 Å². The van der Waals surface area contributed by atoms with Crippen LogP contribution in [0.15, 0.2) is 67.3 Å². The molecule has 1 aromatic heterocycles. The third kappa shape index (κ3) is 3.17. The van der Waals surface area contributed by atoms with Gasteiger partial charge >= 0.3 is 0 Å². The first-order chi connectivity index (χ1) is 10.8. The van der Waals surface area contributed by atoms with E-state index in [1.54, 1.807) is 0 Å². The molecule has 3 aromatic rings. The molecule has 0 spiro atoms. The first kappa shape index (κ1) is 14.3. The molecule has 0 aliphatic carbocycles. The highest BCUT2D eigenvalue weighted by Crippen LogP contribution is 2.22. The highest BCUT2D eigenvalue weighted by Gasteiger charge is 2.02. The molecule has 110 valence electrons. The molecule has 0 atom stereocenters. The van der Waals surface area contributed by atoms with Crippen molar-refractivity contribution >= 4 is 16.6 Å². The number of rotatable bonds is 5. The Balaban J connectivity index is 1.78. The van der Waals surface area contributed by atoms with E-state index in [2.05, 4.69) is 65.4 Å². The van der Waals surface area contributed by atoms with Gasteiger partial charge in [0, 0.05) is 17.6 Å². The van der Waals surface area contributed by atoms with Crippen molar-refractivity contribution in [1.82, 2.24) is 4.98 Å². The van der Waals surface area contributed by atoms with Crippen LogP contribution in [0.3, 0.4) is 0 Å². The molecule has 0 saturated heterocycles. The fourth-order valence-electron chi connectivity index (χ4n) is 2.54. The van der Waals surface area contributed by atoms with Crippen molar-refractivity contribution in [3.8, 4) is 0 Å². The fraction of sp³-hybridized carbons (Fsp3) is 0.150. The summed E-state index contributed by atoms with van der Waals surface area (Å²) in [6.45, 7) is 6.59. The third-order valence-electron chi connectivity index (χ3n) is 3.75. The summed E-state index contributed by atoms with van der Waals surface area (Å²) in [7, 11) is 0. The van der Waals surface area contributed by atoms with Crippen LogP contribution < -0.4 is 5.32 Å². The van der Waals surface area contributed by atoms with Crippen molar-refractivity contribution in [2.75, 3.05) is 5.32 Å². The molecule has 2 heteroatoms. The van der Waals surface area contributed by atoms with Crippen molar-refractivity contribution in [2.45, 2.75) is 19.9 Å². The van der Waals surface area contributed by atoms with Crippen LogP contribution in [-0.4, -0.2) is 4.98 Å². The number of hydrogen-bond acceptors (Lipinski definition) is 2. The second-order valence-electron chi connectivity index (χ2n) is 5.49. The Labute approximate surface area is 131 Å². The van der Waals surface area contributed by atoms with Crippen LogP contribution in [0.1, 0.15) is 16.8 Å². The van der Waals surface area contributed by atoms with E-state index >= 15 is 0 Å². The maximum absolute atomic E-state index is 4.65. The first-order valence-electron chi connectivity index (χ1n) is 7.55. The van der Waals surface area contributed by atoms with Crippen molar-refractivity contribution in [2.24, 2.45) is 0 Å². The first-order valence-corrected chi connectivity index (χ1v) is 7.55. The topological polar surface area (TPSA) is 24.9 Å². The minimum absolute atomic E-state index is 0.795. The number of benzene rings is 2. The monoisotopic (exact) mass is 288 g/mol. The van der Waals surface area contributed by atoms with Gasteiger partial charge in [0.2, 0.25) is 0 Å². The molecule has 0 bridgehead atoms. The molecular weight excluding hydrogens is 268 g/mol. The smallest absolute Gasteiger partial charge is 0.0936 e. The molecule has 22 heavy (non-hydrogen) atoms. The van der Waals surface area contributed by atoms with Crippen LogP contribution in [-0.2, 0) is 13.0 Å². The minimum atomic E-state index is 0.795. The Morgan fingerprint density at radius 1 is 1.00 bits per heavy atom. The maximum Gasteiger partial charge on any atom is 0.0936 e. The van der Waals surface area contributed by atoms with Crippen LogP contribution in [0.4, 0.5) is 5.69 Å². The van der Waals surface area contributed by atoms with E-state index in [0.29, 0.717) is 0 Å². The summed E-state index contributed by atoms with van der Waals surface area (Å²) in [5.41, 5.74) is 5.70. The van der Waals surface area contributed by atoms with Gasteiger partial charge in [0.15, 0.2) is 0 Å². The van der Waals surface area contributed by atoms with Gasteiger partial charge < -0.3 is 5.32 Å². The number of para-hydroxylation sites is 1. The Morgan fingerprint density at radius 2 is 1.77 bits per heavy atom. The number of hydrogen-bond donors (Lipinski definition) is 1. The van der Waals surface area contributed by atoms with E-state index < -0.39 is 0 Å². The summed E-state index contributed by atoms with van der Waals surface area (Å²) >= 11 is 0. The third-order valence-corrected chi connectivity index (χ3v) is 3.75. The summed E-state index contributed by atoms with van der Waals surface area (Å²) in [4.78, 5) is 4.65. The fourth-order valence-corrected chi connectivity index (χ4v) is 2.54. The van der Waals surface area contributed by atoms with Gasteiger partial charge in [-0.1, -0.05) is 48.5 Å². The summed E-state index contributed by atoms with van der Waals surface area (Å²) < 4.78 is 0. The number of anilines is 1. The lowest BCUT2D eigenvalue weighted by molar-refractivity contribution is 1.13. The van der Waals surface area contributed by atoms with Crippen molar-refractivity contribution in [1.29, 1.82) is 0 Å². The molecule has 0 unspecified atom stereocenters. The average Bonchev–Trinajstić information content (AvgIpc) is 2.54. The van der Waals surface area contributed by atoms with Gasteiger partial charge in [0.05, 0.1) is 11.2 Å². The Bertz CT molecular complexity index is 788. The molecule has 3 rings (SSSR count). The Morgan fingerprint density at radius 3 is 2.55 bits per heavy atom. The molecule has 0 radical (unpaired) electrons. The molecule has 0 saturated carbocycles. The Hall–Kier alpha value is -2.61. The van der Waals surface area contributed by atoms with Crippen molar-refractivity contribution in [3.63, 3.8) is 0 Å². The van der Waals surface area contributed by atoms with Gasteiger partial charge in [-0.25, -0.2) is 0 Å². The predicted octanol–water partition coefficient (Wildman–Crippen LogP) is 4.88. The number of nitrogens with zero attached hydrogens (tertiary/aromatic N) is 1. The normalized spacial score (nSPS) is 10.6. The molecule has 2 nitrogen and oxygen atoms in total. The van der Waals surface area contributed by atoms with Gasteiger partial charge in [0.25, 0.3) is 0 Å². The second kappa shape index (κ2) is 6.44. The van der Waals surface area contributed by atoms with E-state index in [1.807, 2.05) is 19.1 Å². The lowest BCUT2D eigenvalue weighted by Gasteiger charge is -2.10. The lowest BCUT2D eigenvalue weighted by atomic mass is 10.1. The average molecular weight is 288 g/mol. The highest BCUT2D eigenvalue weighted by atomic mass is 14.9. The molecular formula is C20H20N2. The lowest BCUT2D eigenvalue weighted by Crippen LogP contribution is -2.01. The molecule has 0 aliphatic heterocycles. The molecule has 0 amide bonds. The summed E-state index contributed by atoms with van der Waals surface area (Å²) in [6, 6.07) is 19.0. The van der Waals surface area contributed by atoms with E-state index in [1.165, 1.54) is 11.1 Å². The van der Waals surface area contributed by atoms with E-state index in [-0.39, 0.29) is 0 Å². The largest absolute Gasteiger partial charge is 0.379 e. The van der Waals surface area contributed by atoms with Crippen LogP contribution in [0, 0.1) is 6.92 Å². The zero-order chi connectivity index (χ0) is 15.4. The standard InChI is InChI=1S/C20H20N2/c1-3-5-16-9-11-17(12-10-16)14-21-19-7-4-6-18-13-8-15(2)22-20(18)19/h3-4,6-13,21H,1,5,14H2,2H3. The zero-order valence-electron chi connectivity index (χ0n) is 12.8. The van der Waals surface area contributed by atoms with Crippen LogP contribution in [0.2, 0.25) is 0 Å². The number of pyridine rings is 1.